The molecule has 2 N–H and O–H groups in total. The summed E-state index contributed by atoms with van der Waals surface area (Å²) in [6.45, 7) is 4.20. The molecule has 0 saturated heterocycles. The Balaban J connectivity index is 2.60. The molecule has 3 atom stereocenters. The third kappa shape index (κ3) is 6.68. The fraction of sp³-hybridized carbons (Fsp3) is 0.933. The molecule has 3 nitrogen and oxygen atoms in total. The average molecular weight is 308 g/mol. The zero-order valence-electron chi connectivity index (χ0n) is 13.1. The predicted octanol–water partition coefficient (Wildman–Crippen LogP) is 3.33. The summed E-state index contributed by atoms with van der Waals surface area (Å²) in [5, 5.41) is 0. The van der Waals surface area contributed by atoms with Crippen molar-refractivity contribution in [2.75, 3.05) is 6.54 Å². The van der Waals surface area contributed by atoms with E-state index in [1.165, 1.54) is 0 Å². The quantitative estimate of drug-likeness (QED) is 0.747. The van der Waals surface area contributed by atoms with E-state index in [0.29, 0.717) is 6.42 Å². The highest BCUT2D eigenvalue weighted by Gasteiger charge is 2.41. The van der Waals surface area contributed by atoms with Gasteiger partial charge in [-0.15, -0.1) is 0 Å². The summed E-state index contributed by atoms with van der Waals surface area (Å²) in [4.78, 5) is 13.4. The van der Waals surface area contributed by atoms with Crippen LogP contribution in [0.25, 0.3) is 0 Å². The van der Waals surface area contributed by atoms with Crippen LogP contribution in [-0.4, -0.2) is 35.6 Å². The first-order valence-electron chi connectivity index (χ1n) is 7.74. The van der Waals surface area contributed by atoms with Crippen molar-refractivity contribution in [1.82, 2.24) is 4.90 Å². The van der Waals surface area contributed by atoms with Gasteiger partial charge in [-0.3, -0.25) is 4.79 Å². The number of nitrogens with zero attached hydrogens (tertiary/aromatic N) is 1. The van der Waals surface area contributed by atoms with Gasteiger partial charge in [-0.1, -0.05) is 13.3 Å². The number of carbonyl (C=O) groups excluding carboxylic acids is 1. The Morgan fingerprint density at radius 2 is 1.81 bits per heavy atom. The van der Waals surface area contributed by atoms with Gasteiger partial charge < -0.3 is 10.6 Å². The van der Waals surface area contributed by atoms with Crippen LogP contribution in [0, 0.1) is 11.8 Å². The number of rotatable bonds is 8. The minimum absolute atomic E-state index is 0.0592. The average Bonchev–Trinajstić information content (AvgIpc) is 3.16. The molecule has 0 radical (unpaired) electrons. The molecule has 0 bridgehead atoms. The third-order valence-corrected chi connectivity index (χ3v) is 4.15. The molecule has 0 aromatic carbocycles. The normalized spacial score (nSPS) is 20.0. The van der Waals surface area contributed by atoms with Crippen LogP contribution in [0.15, 0.2) is 0 Å². The van der Waals surface area contributed by atoms with E-state index in [4.69, 9.17) is 5.73 Å². The topological polar surface area (TPSA) is 46.3 Å². The number of amides is 1. The highest BCUT2D eigenvalue weighted by Crippen LogP contribution is 2.36. The first-order valence-corrected chi connectivity index (χ1v) is 7.74. The monoisotopic (exact) mass is 308 g/mol. The molecule has 1 saturated carbocycles. The molecule has 21 heavy (non-hydrogen) atoms. The largest absolute Gasteiger partial charge is 0.406 e. The van der Waals surface area contributed by atoms with Crippen LogP contribution in [0.4, 0.5) is 13.2 Å². The number of alkyl halides is 3. The maximum absolute atomic E-state index is 12.7. The van der Waals surface area contributed by atoms with Gasteiger partial charge >= 0.3 is 6.18 Å². The lowest BCUT2D eigenvalue weighted by molar-refractivity contribution is -0.168. The Morgan fingerprint density at radius 3 is 2.24 bits per heavy atom. The smallest absolute Gasteiger partial charge is 0.330 e. The van der Waals surface area contributed by atoms with Crippen molar-refractivity contribution < 1.29 is 18.0 Å². The third-order valence-electron chi connectivity index (χ3n) is 4.15. The molecule has 0 aromatic rings. The molecule has 1 aliphatic carbocycles. The van der Waals surface area contributed by atoms with E-state index in [2.05, 4.69) is 0 Å². The van der Waals surface area contributed by atoms with E-state index in [1.807, 2.05) is 6.92 Å². The molecule has 0 aromatic heterocycles. The van der Waals surface area contributed by atoms with Crippen LogP contribution < -0.4 is 5.73 Å². The molecule has 6 heteroatoms. The second kappa shape index (κ2) is 7.47. The number of halogens is 3. The van der Waals surface area contributed by atoms with Crippen LogP contribution in [0.5, 0.6) is 0 Å². The Kier molecular flexibility index (Phi) is 6.50. The maximum atomic E-state index is 12.7. The van der Waals surface area contributed by atoms with Crippen molar-refractivity contribution >= 4 is 5.91 Å². The summed E-state index contributed by atoms with van der Waals surface area (Å²) in [7, 11) is 0. The van der Waals surface area contributed by atoms with Crippen LogP contribution in [-0.2, 0) is 4.79 Å². The Labute approximate surface area is 125 Å². The number of hydrogen-bond acceptors (Lipinski definition) is 2. The van der Waals surface area contributed by atoms with Gasteiger partial charge in [0.25, 0.3) is 0 Å². The second-order valence-corrected chi connectivity index (χ2v) is 6.47. The van der Waals surface area contributed by atoms with Crippen molar-refractivity contribution in [3.8, 4) is 0 Å². The van der Waals surface area contributed by atoms with Gasteiger partial charge in [-0.25, -0.2) is 0 Å². The second-order valence-electron chi connectivity index (χ2n) is 6.47. The molecular weight excluding hydrogens is 281 g/mol. The van der Waals surface area contributed by atoms with Crippen LogP contribution in [0.1, 0.15) is 52.9 Å². The molecule has 0 heterocycles. The maximum Gasteiger partial charge on any atom is 0.406 e. The molecule has 3 unspecified atom stereocenters. The molecule has 124 valence electrons. The zero-order chi connectivity index (χ0) is 16.2. The van der Waals surface area contributed by atoms with Crippen molar-refractivity contribution in [3.63, 3.8) is 0 Å². The van der Waals surface area contributed by atoms with Gasteiger partial charge in [-0.2, -0.15) is 13.2 Å². The lowest BCUT2D eigenvalue weighted by atomic mass is 9.99. The van der Waals surface area contributed by atoms with E-state index in [-0.39, 0.29) is 29.8 Å². The summed E-state index contributed by atoms with van der Waals surface area (Å²) in [6, 6.07) is -0.265. The molecule has 0 spiro atoms. The van der Waals surface area contributed by atoms with Gasteiger partial charge in [-0.05, 0) is 45.4 Å². The lowest BCUT2D eigenvalue weighted by Gasteiger charge is -2.32. The summed E-state index contributed by atoms with van der Waals surface area (Å²) in [5.41, 5.74) is 5.65. The Hall–Kier alpha value is -0.780. The predicted molar refractivity (Wildman–Crippen MR) is 76.6 cm³/mol. The fourth-order valence-electron chi connectivity index (χ4n) is 2.60. The number of carbonyl (C=O) groups is 1. The first kappa shape index (κ1) is 18.3. The first-order chi connectivity index (χ1) is 9.61. The zero-order valence-corrected chi connectivity index (χ0v) is 13.1. The van der Waals surface area contributed by atoms with Gasteiger partial charge in [0.2, 0.25) is 5.91 Å². The summed E-state index contributed by atoms with van der Waals surface area (Å²) < 4.78 is 38.2. The van der Waals surface area contributed by atoms with Crippen LogP contribution in [0.2, 0.25) is 0 Å². The SMILES string of the molecule is CC(N)CCCC(C)C(=O)N(CC(F)(F)F)C(C)C1CC1. The van der Waals surface area contributed by atoms with Gasteiger partial charge in [0.1, 0.15) is 6.54 Å². The van der Waals surface area contributed by atoms with Crippen molar-refractivity contribution in [2.24, 2.45) is 17.6 Å². The standard InChI is InChI=1S/C15H27F3N2O/c1-10(5-4-6-11(2)19)14(21)20(9-15(16,17)18)12(3)13-7-8-13/h10-13H,4-9,19H2,1-3H3. The number of hydrogen-bond donors (Lipinski definition) is 1. The minimum Gasteiger partial charge on any atom is -0.330 e. The van der Waals surface area contributed by atoms with E-state index in [9.17, 15) is 18.0 Å². The summed E-state index contributed by atoms with van der Waals surface area (Å²) in [6.07, 6.45) is -0.364. The van der Waals surface area contributed by atoms with E-state index < -0.39 is 12.7 Å². The van der Waals surface area contributed by atoms with Crippen molar-refractivity contribution in [3.05, 3.63) is 0 Å². The molecule has 1 aliphatic rings. The van der Waals surface area contributed by atoms with E-state index in [1.54, 1.807) is 13.8 Å². The van der Waals surface area contributed by atoms with Gasteiger partial charge in [0.15, 0.2) is 0 Å². The molecule has 0 aliphatic heterocycles. The van der Waals surface area contributed by atoms with Crippen molar-refractivity contribution in [1.29, 1.82) is 0 Å². The molecule has 1 rings (SSSR count). The van der Waals surface area contributed by atoms with Gasteiger partial charge in [0, 0.05) is 18.0 Å². The van der Waals surface area contributed by atoms with E-state index >= 15 is 0 Å². The highest BCUT2D eigenvalue weighted by molar-refractivity contribution is 5.79. The number of nitrogens with two attached hydrogens (primary N) is 1. The minimum atomic E-state index is -4.34. The Morgan fingerprint density at radius 1 is 1.24 bits per heavy atom. The van der Waals surface area contributed by atoms with Crippen LogP contribution in [0.3, 0.4) is 0 Å². The van der Waals surface area contributed by atoms with Crippen molar-refractivity contribution in [2.45, 2.75) is 71.1 Å². The van der Waals surface area contributed by atoms with Gasteiger partial charge in [0.05, 0.1) is 0 Å². The van der Waals surface area contributed by atoms with E-state index in [0.717, 1.165) is 30.6 Å². The molecule has 1 fully saturated rings. The van der Waals surface area contributed by atoms with Crippen LogP contribution >= 0.6 is 0 Å². The molecular formula is C15H27F3N2O. The highest BCUT2D eigenvalue weighted by atomic mass is 19.4. The summed E-state index contributed by atoms with van der Waals surface area (Å²) >= 11 is 0. The Bertz CT molecular complexity index is 340. The fourth-order valence-corrected chi connectivity index (χ4v) is 2.60. The lowest BCUT2D eigenvalue weighted by Crippen LogP contribution is -2.47. The molecule has 1 amide bonds. The summed E-state index contributed by atoms with van der Waals surface area (Å²) in [5.74, 6) is -0.531.